The topological polar surface area (TPSA) is 55.3 Å². The van der Waals surface area contributed by atoms with E-state index in [4.69, 9.17) is 18.0 Å². The molecule has 0 radical (unpaired) electrons. The van der Waals surface area contributed by atoms with Crippen molar-refractivity contribution in [2.75, 3.05) is 5.32 Å². The summed E-state index contributed by atoms with van der Waals surface area (Å²) in [4.78, 5) is 4.67. The van der Waals surface area contributed by atoms with Crippen LogP contribution >= 0.6 is 12.2 Å². The summed E-state index contributed by atoms with van der Waals surface area (Å²) in [5, 5.41) is 3.19. The van der Waals surface area contributed by atoms with Crippen LogP contribution in [0.4, 0.5) is 5.69 Å². The summed E-state index contributed by atoms with van der Waals surface area (Å²) in [6.07, 6.45) is 4.01. The second kappa shape index (κ2) is 4.94. The fourth-order valence-electron chi connectivity index (χ4n) is 2.19. The number of fused-ring (bicyclic) bond motifs is 1. The maximum Gasteiger partial charge on any atom is 0.168 e. The van der Waals surface area contributed by atoms with Crippen molar-refractivity contribution in [2.24, 2.45) is 5.73 Å². The summed E-state index contributed by atoms with van der Waals surface area (Å²) in [6.45, 7) is 2.05. The average molecular weight is 282 g/mol. The molecular formula is C15H14N4S. The third-order valence-electron chi connectivity index (χ3n) is 3.10. The molecule has 0 saturated carbocycles. The first kappa shape index (κ1) is 12.6. The molecule has 1 aromatic carbocycles. The zero-order chi connectivity index (χ0) is 14.1. The van der Waals surface area contributed by atoms with Gasteiger partial charge in [0.05, 0.1) is 5.69 Å². The molecule has 3 rings (SSSR count). The first-order chi connectivity index (χ1) is 9.63. The Hall–Kier alpha value is -2.40. The average Bonchev–Trinajstić information content (AvgIpc) is 2.84. The first-order valence-electron chi connectivity index (χ1n) is 6.25. The molecule has 0 fully saturated rings. The maximum absolute atomic E-state index is 5.49. The molecule has 0 unspecified atom stereocenters. The molecule has 4 nitrogen and oxygen atoms in total. The smallest absolute Gasteiger partial charge is 0.168 e. The number of anilines is 1. The minimum Gasteiger partial charge on any atom is -0.376 e. The van der Waals surface area contributed by atoms with Gasteiger partial charge in [0.1, 0.15) is 5.65 Å². The van der Waals surface area contributed by atoms with E-state index in [9.17, 15) is 0 Å². The van der Waals surface area contributed by atoms with Crippen molar-refractivity contribution in [1.29, 1.82) is 0 Å². The van der Waals surface area contributed by atoms with Crippen LogP contribution in [-0.2, 0) is 0 Å². The van der Waals surface area contributed by atoms with Gasteiger partial charge in [-0.1, -0.05) is 18.2 Å². The van der Waals surface area contributed by atoms with Crippen molar-refractivity contribution in [3.05, 3.63) is 54.4 Å². The fourth-order valence-corrected chi connectivity index (χ4v) is 2.31. The van der Waals surface area contributed by atoms with Crippen molar-refractivity contribution >= 4 is 28.7 Å². The minimum atomic E-state index is 0.257. The summed E-state index contributed by atoms with van der Waals surface area (Å²) in [5.74, 6) is 0. The Morgan fingerprint density at radius 1 is 1.30 bits per heavy atom. The number of hydrogen-bond acceptors (Lipinski definition) is 2. The summed E-state index contributed by atoms with van der Waals surface area (Å²) in [5.41, 5.74) is 10.4. The van der Waals surface area contributed by atoms with Crippen LogP contribution < -0.4 is 11.1 Å². The molecule has 20 heavy (non-hydrogen) atoms. The minimum absolute atomic E-state index is 0.257. The van der Waals surface area contributed by atoms with Crippen LogP contribution in [0.15, 0.2) is 48.8 Å². The molecule has 2 aromatic heterocycles. The second-order valence-electron chi connectivity index (χ2n) is 4.62. The van der Waals surface area contributed by atoms with Crippen LogP contribution in [0.1, 0.15) is 5.56 Å². The zero-order valence-electron chi connectivity index (χ0n) is 11.0. The van der Waals surface area contributed by atoms with Crippen LogP contribution in [0.5, 0.6) is 0 Å². The third-order valence-corrected chi connectivity index (χ3v) is 3.21. The SMILES string of the molecule is Cc1cccn2cc(-c3cccc(NC(N)=S)c3)nc12. The van der Waals surface area contributed by atoms with E-state index in [0.29, 0.717) is 0 Å². The van der Waals surface area contributed by atoms with Crippen LogP contribution in [0.25, 0.3) is 16.9 Å². The van der Waals surface area contributed by atoms with Gasteiger partial charge in [-0.3, -0.25) is 0 Å². The number of thiocarbonyl (C=S) groups is 1. The molecule has 2 heterocycles. The van der Waals surface area contributed by atoms with Crippen LogP contribution in [0.3, 0.4) is 0 Å². The predicted octanol–water partition coefficient (Wildman–Crippen LogP) is 2.97. The number of pyridine rings is 1. The monoisotopic (exact) mass is 282 g/mol. The Morgan fingerprint density at radius 3 is 2.90 bits per heavy atom. The van der Waals surface area contributed by atoms with E-state index in [-0.39, 0.29) is 5.11 Å². The van der Waals surface area contributed by atoms with E-state index in [1.54, 1.807) is 0 Å². The number of nitrogens with zero attached hydrogens (tertiary/aromatic N) is 2. The molecule has 0 amide bonds. The van der Waals surface area contributed by atoms with E-state index < -0.39 is 0 Å². The Bertz CT molecular complexity index is 791. The Labute approximate surface area is 122 Å². The second-order valence-corrected chi connectivity index (χ2v) is 5.06. The van der Waals surface area contributed by atoms with Gasteiger partial charge >= 0.3 is 0 Å². The molecule has 0 atom stereocenters. The quantitative estimate of drug-likeness (QED) is 0.710. The molecule has 3 aromatic rings. The Balaban J connectivity index is 2.06. The standard InChI is InChI=1S/C15H14N4S/c1-10-4-3-7-19-9-13(18-14(10)19)11-5-2-6-12(8-11)17-15(16)20/h2-9H,1H3,(H3,16,17,20). The molecule has 0 aliphatic heterocycles. The molecule has 0 spiro atoms. The number of aromatic nitrogens is 2. The molecule has 3 N–H and O–H groups in total. The number of imidazole rings is 1. The van der Waals surface area contributed by atoms with E-state index in [2.05, 4.69) is 23.3 Å². The fraction of sp³-hybridized carbons (Fsp3) is 0.0667. The molecule has 0 aliphatic carbocycles. The summed E-state index contributed by atoms with van der Waals surface area (Å²) >= 11 is 4.85. The van der Waals surface area contributed by atoms with Gasteiger partial charge in [-0.2, -0.15) is 0 Å². The van der Waals surface area contributed by atoms with Crippen molar-refractivity contribution in [3.8, 4) is 11.3 Å². The first-order valence-corrected chi connectivity index (χ1v) is 6.65. The van der Waals surface area contributed by atoms with Crippen molar-refractivity contribution in [2.45, 2.75) is 6.92 Å². The molecular weight excluding hydrogens is 268 g/mol. The number of rotatable bonds is 2. The highest BCUT2D eigenvalue weighted by molar-refractivity contribution is 7.80. The highest BCUT2D eigenvalue weighted by atomic mass is 32.1. The van der Waals surface area contributed by atoms with Gasteiger partial charge in [0.15, 0.2) is 5.11 Å². The lowest BCUT2D eigenvalue weighted by Gasteiger charge is -2.04. The van der Waals surface area contributed by atoms with Crippen LogP contribution in [-0.4, -0.2) is 14.5 Å². The molecule has 0 bridgehead atoms. The molecule has 100 valence electrons. The summed E-state index contributed by atoms with van der Waals surface area (Å²) < 4.78 is 2.03. The van der Waals surface area contributed by atoms with Gasteiger partial charge < -0.3 is 15.5 Å². The van der Waals surface area contributed by atoms with Crippen molar-refractivity contribution in [1.82, 2.24) is 9.38 Å². The highest BCUT2D eigenvalue weighted by Gasteiger charge is 2.06. The van der Waals surface area contributed by atoms with Gasteiger partial charge in [-0.15, -0.1) is 0 Å². The van der Waals surface area contributed by atoms with Gasteiger partial charge in [0.25, 0.3) is 0 Å². The number of hydrogen-bond donors (Lipinski definition) is 2. The van der Waals surface area contributed by atoms with E-state index in [1.807, 2.05) is 47.1 Å². The van der Waals surface area contributed by atoms with Gasteiger partial charge in [0.2, 0.25) is 0 Å². The predicted molar refractivity (Wildman–Crippen MR) is 85.8 cm³/mol. The van der Waals surface area contributed by atoms with Crippen LogP contribution in [0.2, 0.25) is 0 Å². The zero-order valence-corrected chi connectivity index (χ0v) is 11.8. The van der Waals surface area contributed by atoms with Crippen molar-refractivity contribution < 1.29 is 0 Å². The lowest BCUT2D eigenvalue weighted by atomic mass is 10.1. The van der Waals surface area contributed by atoms with Gasteiger partial charge in [-0.25, -0.2) is 4.98 Å². The molecule has 0 saturated heterocycles. The third kappa shape index (κ3) is 2.35. The Morgan fingerprint density at radius 2 is 2.15 bits per heavy atom. The molecule has 0 aliphatic rings. The largest absolute Gasteiger partial charge is 0.376 e. The lowest BCUT2D eigenvalue weighted by Crippen LogP contribution is -2.18. The highest BCUT2D eigenvalue weighted by Crippen LogP contribution is 2.23. The summed E-state index contributed by atoms with van der Waals surface area (Å²) in [6, 6.07) is 11.9. The Kier molecular flexibility index (Phi) is 3.12. The number of nitrogens with one attached hydrogen (secondary N) is 1. The van der Waals surface area contributed by atoms with Gasteiger partial charge in [0, 0.05) is 23.6 Å². The number of benzene rings is 1. The van der Waals surface area contributed by atoms with E-state index in [0.717, 1.165) is 28.2 Å². The lowest BCUT2D eigenvalue weighted by molar-refractivity contribution is 1.16. The van der Waals surface area contributed by atoms with Crippen molar-refractivity contribution in [3.63, 3.8) is 0 Å². The molecule has 5 heteroatoms. The number of aryl methyl sites for hydroxylation is 1. The maximum atomic E-state index is 5.49. The normalized spacial score (nSPS) is 10.7. The van der Waals surface area contributed by atoms with E-state index in [1.165, 1.54) is 0 Å². The van der Waals surface area contributed by atoms with Gasteiger partial charge in [-0.05, 0) is 42.9 Å². The van der Waals surface area contributed by atoms with E-state index >= 15 is 0 Å². The van der Waals surface area contributed by atoms with Crippen LogP contribution in [0, 0.1) is 6.92 Å². The number of nitrogens with two attached hydrogens (primary N) is 1. The summed E-state index contributed by atoms with van der Waals surface area (Å²) in [7, 11) is 0.